The Bertz CT molecular complexity index is 987. The van der Waals surface area contributed by atoms with Gasteiger partial charge in [-0.3, -0.25) is 4.79 Å². The number of hydrogen-bond acceptors (Lipinski definition) is 4. The molecule has 1 aliphatic heterocycles. The van der Waals surface area contributed by atoms with E-state index in [0.29, 0.717) is 0 Å². The summed E-state index contributed by atoms with van der Waals surface area (Å²) in [5, 5.41) is 1.74. The molecule has 2 aromatic carbocycles. The van der Waals surface area contributed by atoms with Crippen LogP contribution in [-0.4, -0.2) is 52.2 Å². The Labute approximate surface area is 176 Å². The van der Waals surface area contributed by atoms with Crippen molar-refractivity contribution in [3.8, 4) is 0 Å². The van der Waals surface area contributed by atoms with Crippen LogP contribution in [0, 0.1) is 6.92 Å². The molecule has 1 amide bonds. The first-order chi connectivity index (χ1) is 14.1. The average Bonchev–Trinajstić information content (AvgIpc) is 2.74. The lowest BCUT2D eigenvalue weighted by molar-refractivity contribution is -0.917. The fraction of sp³-hybridized carbons (Fsp3) is 0.348. The maximum atomic E-state index is 13.0. The highest BCUT2D eigenvalue weighted by molar-refractivity contribution is 8.00. The average molecular weight is 408 g/mol. The standard InChI is InChI=1S/C23H26N4OS/c1-17(29-22-20-10-6-7-11-21(20)24-18(2)25-22)23(28)27-14-12-26(13-15-27)16-19-8-4-3-5-9-19/h3-11,17H,12-16H2,1-2H3/p+1/t17-/m1/s1. The first-order valence-electron chi connectivity index (χ1n) is 10.2. The number of carbonyl (C=O) groups excluding carboxylic acids is 1. The van der Waals surface area contributed by atoms with Gasteiger partial charge in [0.2, 0.25) is 5.91 Å². The number of amides is 1. The molecule has 1 atom stereocenters. The molecule has 1 aliphatic rings. The van der Waals surface area contributed by atoms with E-state index in [1.807, 2.05) is 43.0 Å². The summed E-state index contributed by atoms with van der Waals surface area (Å²) in [7, 11) is 0. The minimum atomic E-state index is -0.164. The number of carbonyl (C=O) groups is 1. The minimum absolute atomic E-state index is 0.164. The Morgan fingerprint density at radius 1 is 1.07 bits per heavy atom. The highest BCUT2D eigenvalue weighted by atomic mass is 32.2. The topological polar surface area (TPSA) is 50.5 Å². The fourth-order valence-corrected chi connectivity index (χ4v) is 4.90. The highest BCUT2D eigenvalue weighted by Gasteiger charge is 2.28. The Morgan fingerprint density at radius 3 is 2.52 bits per heavy atom. The number of thioether (sulfide) groups is 1. The van der Waals surface area contributed by atoms with Crippen molar-refractivity contribution in [3.63, 3.8) is 0 Å². The van der Waals surface area contributed by atoms with Crippen molar-refractivity contribution >= 4 is 28.6 Å². The van der Waals surface area contributed by atoms with E-state index in [4.69, 9.17) is 0 Å². The van der Waals surface area contributed by atoms with E-state index in [2.05, 4.69) is 40.3 Å². The fourth-order valence-electron chi connectivity index (χ4n) is 3.83. The molecule has 1 saturated heterocycles. The molecule has 0 unspecified atom stereocenters. The van der Waals surface area contributed by atoms with Crippen molar-refractivity contribution in [2.75, 3.05) is 26.2 Å². The lowest BCUT2D eigenvalue weighted by Crippen LogP contribution is -3.13. The molecule has 0 saturated carbocycles. The summed E-state index contributed by atoms with van der Waals surface area (Å²) in [5.74, 6) is 0.943. The van der Waals surface area contributed by atoms with Gasteiger partial charge < -0.3 is 9.80 Å². The molecule has 4 rings (SSSR count). The SMILES string of the molecule is Cc1nc(S[C@H](C)C(=O)N2CC[NH+](Cc3ccccc3)CC2)c2ccccc2n1. The molecule has 0 aliphatic carbocycles. The van der Waals surface area contributed by atoms with Gasteiger partial charge in [-0.2, -0.15) is 0 Å². The lowest BCUT2D eigenvalue weighted by Gasteiger charge is -2.33. The van der Waals surface area contributed by atoms with Gasteiger partial charge in [-0.25, -0.2) is 9.97 Å². The molecule has 5 nitrogen and oxygen atoms in total. The van der Waals surface area contributed by atoms with Crippen LogP contribution in [-0.2, 0) is 11.3 Å². The third kappa shape index (κ3) is 4.77. The lowest BCUT2D eigenvalue weighted by atomic mass is 10.2. The number of nitrogens with one attached hydrogen (secondary N) is 1. The number of para-hydroxylation sites is 1. The Balaban J connectivity index is 1.37. The summed E-state index contributed by atoms with van der Waals surface area (Å²) >= 11 is 1.54. The van der Waals surface area contributed by atoms with Crippen LogP contribution in [0.3, 0.4) is 0 Å². The molecular formula is C23H27N4OS+. The molecule has 0 radical (unpaired) electrons. The van der Waals surface area contributed by atoms with Crippen molar-refractivity contribution in [2.45, 2.75) is 30.7 Å². The zero-order chi connectivity index (χ0) is 20.2. The highest BCUT2D eigenvalue weighted by Crippen LogP contribution is 2.29. The zero-order valence-corrected chi connectivity index (χ0v) is 17.8. The van der Waals surface area contributed by atoms with Gasteiger partial charge >= 0.3 is 0 Å². The molecule has 3 aromatic rings. The van der Waals surface area contributed by atoms with Crippen molar-refractivity contribution in [1.29, 1.82) is 0 Å². The predicted octanol–water partition coefficient (Wildman–Crippen LogP) is 2.35. The van der Waals surface area contributed by atoms with E-state index in [0.717, 1.165) is 54.5 Å². The van der Waals surface area contributed by atoms with Crippen LogP contribution < -0.4 is 4.90 Å². The monoisotopic (exact) mass is 407 g/mol. The second kappa shape index (κ2) is 8.93. The van der Waals surface area contributed by atoms with E-state index in [9.17, 15) is 4.79 Å². The third-order valence-electron chi connectivity index (χ3n) is 5.40. The number of piperazine rings is 1. The van der Waals surface area contributed by atoms with Gasteiger partial charge in [0.15, 0.2) is 0 Å². The number of aromatic nitrogens is 2. The number of rotatable bonds is 5. The number of nitrogens with zero attached hydrogens (tertiary/aromatic N) is 3. The van der Waals surface area contributed by atoms with Crippen LogP contribution in [0.4, 0.5) is 0 Å². The van der Waals surface area contributed by atoms with E-state index >= 15 is 0 Å². The smallest absolute Gasteiger partial charge is 0.236 e. The van der Waals surface area contributed by atoms with Crippen molar-refractivity contribution < 1.29 is 9.69 Å². The van der Waals surface area contributed by atoms with E-state index in [1.165, 1.54) is 10.5 Å². The summed E-state index contributed by atoms with van der Waals surface area (Å²) in [4.78, 5) is 25.7. The second-order valence-electron chi connectivity index (χ2n) is 7.59. The molecule has 0 spiro atoms. The number of quaternary nitrogens is 1. The Hall–Kier alpha value is -2.44. The largest absolute Gasteiger partial charge is 0.330 e. The third-order valence-corrected chi connectivity index (χ3v) is 6.49. The van der Waals surface area contributed by atoms with Gasteiger partial charge in [-0.1, -0.05) is 60.3 Å². The summed E-state index contributed by atoms with van der Waals surface area (Å²) in [5.41, 5.74) is 2.29. The first-order valence-corrected chi connectivity index (χ1v) is 11.0. The molecule has 0 bridgehead atoms. The summed E-state index contributed by atoms with van der Waals surface area (Å²) in [6.45, 7) is 8.53. The molecule has 2 heterocycles. The van der Waals surface area contributed by atoms with Gasteiger partial charge in [0.1, 0.15) is 17.4 Å². The van der Waals surface area contributed by atoms with E-state index in [-0.39, 0.29) is 11.2 Å². The maximum absolute atomic E-state index is 13.0. The number of fused-ring (bicyclic) bond motifs is 1. The normalized spacial score (nSPS) is 16.1. The number of hydrogen-bond donors (Lipinski definition) is 1. The first kappa shape index (κ1) is 19.9. The molecule has 150 valence electrons. The molecule has 1 N–H and O–H groups in total. The van der Waals surface area contributed by atoms with E-state index < -0.39 is 0 Å². The number of benzene rings is 2. The quantitative estimate of drug-likeness (QED) is 0.521. The Morgan fingerprint density at radius 2 is 1.76 bits per heavy atom. The van der Waals surface area contributed by atoms with Gasteiger partial charge in [0.25, 0.3) is 0 Å². The van der Waals surface area contributed by atoms with Crippen molar-refractivity contribution in [1.82, 2.24) is 14.9 Å². The molecular weight excluding hydrogens is 380 g/mol. The van der Waals surface area contributed by atoms with Crippen molar-refractivity contribution in [2.24, 2.45) is 0 Å². The van der Waals surface area contributed by atoms with Crippen molar-refractivity contribution in [3.05, 3.63) is 66.0 Å². The van der Waals surface area contributed by atoms with Crippen LogP contribution in [0.2, 0.25) is 0 Å². The van der Waals surface area contributed by atoms with Crippen LogP contribution >= 0.6 is 11.8 Å². The van der Waals surface area contributed by atoms with Gasteiger partial charge in [0.05, 0.1) is 36.9 Å². The van der Waals surface area contributed by atoms with Gasteiger partial charge in [0, 0.05) is 10.9 Å². The van der Waals surface area contributed by atoms with Gasteiger partial charge in [-0.15, -0.1) is 0 Å². The summed E-state index contributed by atoms with van der Waals surface area (Å²) < 4.78 is 0. The molecule has 6 heteroatoms. The molecule has 1 fully saturated rings. The van der Waals surface area contributed by atoms with Crippen LogP contribution in [0.1, 0.15) is 18.3 Å². The second-order valence-corrected chi connectivity index (χ2v) is 8.92. The van der Waals surface area contributed by atoms with Crippen LogP contribution in [0.5, 0.6) is 0 Å². The summed E-state index contributed by atoms with van der Waals surface area (Å²) in [6.07, 6.45) is 0. The minimum Gasteiger partial charge on any atom is -0.330 e. The maximum Gasteiger partial charge on any atom is 0.236 e. The molecule has 29 heavy (non-hydrogen) atoms. The van der Waals surface area contributed by atoms with Crippen LogP contribution in [0.25, 0.3) is 10.9 Å². The predicted molar refractivity (Wildman–Crippen MR) is 117 cm³/mol. The van der Waals surface area contributed by atoms with Gasteiger partial charge in [-0.05, 0) is 19.9 Å². The summed E-state index contributed by atoms with van der Waals surface area (Å²) in [6, 6.07) is 18.6. The van der Waals surface area contributed by atoms with Crippen LogP contribution in [0.15, 0.2) is 59.6 Å². The number of aryl methyl sites for hydroxylation is 1. The van der Waals surface area contributed by atoms with E-state index in [1.54, 1.807) is 11.8 Å². The zero-order valence-electron chi connectivity index (χ0n) is 17.0. The molecule has 1 aromatic heterocycles. The Kier molecular flexibility index (Phi) is 6.11.